The molecule has 0 saturated carbocycles. The first-order valence-corrected chi connectivity index (χ1v) is 5.59. The van der Waals surface area contributed by atoms with Gasteiger partial charge >= 0.3 is 0 Å². The second kappa shape index (κ2) is 8.32. The monoisotopic (exact) mass is 328 g/mol. The van der Waals surface area contributed by atoms with Crippen molar-refractivity contribution in [2.24, 2.45) is 5.92 Å². The molecule has 0 aliphatic carbocycles. The van der Waals surface area contributed by atoms with E-state index in [1.54, 1.807) is 0 Å². The first-order chi connectivity index (χ1) is 10.1. The Morgan fingerprint density at radius 2 is 1.36 bits per heavy atom. The molecule has 0 fully saturated rings. The zero-order valence-corrected chi connectivity index (χ0v) is 11.3. The predicted octanol–water partition coefficient (Wildman–Crippen LogP) is -0.350. The van der Waals surface area contributed by atoms with Crippen molar-refractivity contribution < 1.29 is 34.7 Å². The minimum Gasteiger partial charge on any atom is -0.311 e. The maximum Gasteiger partial charge on any atom is 0.295 e. The lowest BCUT2D eigenvalue weighted by atomic mass is 9.95. The van der Waals surface area contributed by atoms with Crippen LogP contribution in [0.4, 0.5) is 0 Å². The molecule has 0 saturated heterocycles. The molecule has 0 heterocycles. The highest BCUT2D eigenvalue weighted by Crippen LogP contribution is 2.19. The van der Waals surface area contributed by atoms with Crippen LogP contribution in [0.25, 0.3) is 0 Å². The van der Waals surface area contributed by atoms with Gasteiger partial charge in [-0.1, -0.05) is 13.8 Å². The molecule has 0 aromatic rings. The van der Waals surface area contributed by atoms with Gasteiger partial charge in [0.1, 0.15) is 6.61 Å². The number of rotatable bonds is 11. The minimum absolute atomic E-state index is 0.853. The van der Waals surface area contributed by atoms with Crippen LogP contribution >= 0.6 is 0 Å². The molecule has 0 radical (unpaired) electrons. The summed E-state index contributed by atoms with van der Waals surface area (Å²) < 4.78 is 0. The highest BCUT2D eigenvalue weighted by Gasteiger charge is 2.45. The normalized spacial score (nSPS) is 14.5. The average Bonchev–Trinajstić information content (AvgIpc) is 2.31. The third-order valence-corrected chi connectivity index (χ3v) is 2.40. The van der Waals surface area contributed by atoms with Crippen molar-refractivity contribution in [2.45, 2.75) is 32.1 Å². The maximum atomic E-state index is 11.0. The van der Waals surface area contributed by atoms with Gasteiger partial charge in [-0.25, -0.2) is 0 Å². The molecule has 0 aliphatic heterocycles. The average molecular weight is 328 g/mol. The van der Waals surface area contributed by atoms with Crippen LogP contribution in [-0.2, 0) is 14.5 Å². The lowest BCUT2D eigenvalue weighted by Crippen LogP contribution is -2.51. The van der Waals surface area contributed by atoms with Crippen LogP contribution in [0.2, 0.25) is 0 Å². The fourth-order valence-electron chi connectivity index (χ4n) is 1.62. The van der Waals surface area contributed by atoms with Crippen molar-refractivity contribution in [1.29, 1.82) is 0 Å². The van der Waals surface area contributed by atoms with Gasteiger partial charge in [0.15, 0.2) is 6.10 Å². The minimum atomic E-state index is -2.09. The Balaban J connectivity index is 5.50. The van der Waals surface area contributed by atoms with Gasteiger partial charge in [-0.3, -0.25) is 10.1 Å². The Morgan fingerprint density at radius 3 is 1.68 bits per heavy atom. The van der Waals surface area contributed by atoms with Crippen molar-refractivity contribution in [3.8, 4) is 0 Å². The first-order valence-electron chi connectivity index (χ1n) is 5.59. The molecular weight excluding hydrogens is 316 g/mol. The second-order valence-electron chi connectivity index (χ2n) is 4.20. The molecular formula is C7H12N4O11. The van der Waals surface area contributed by atoms with Crippen molar-refractivity contribution in [3.63, 3.8) is 0 Å². The van der Waals surface area contributed by atoms with E-state index < -0.39 is 51.0 Å². The molecule has 15 nitrogen and oxygen atoms in total. The van der Waals surface area contributed by atoms with E-state index >= 15 is 0 Å². The molecule has 3 unspecified atom stereocenters. The Labute approximate surface area is 121 Å². The van der Waals surface area contributed by atoms with Crippen LogP contribution in [0.15, 0.2) is 0 Å². The van der Waals surface area contributed by atoms with Crippen LogP contribution in [0.3, 0.4) is 0 Å². The quantitative estimate of drug-likeness (QED) is 0.354. The Morgan fingerprint density at radius 1 is 0.864 bits per heavy atom. The van der Waals surface area contributed by atoms with Gasteiger partial charge < -0.3 is 14.5 Å². The van der Waals surface area contributed by atoms with E-state index in [1.807, 2.05) is 0 Å². The Hall–Kier alpha value is -3.00. The smallest absolute Gasteiger partial charge is 0.295 e. The van der Waals surface area contributed by atoms with E-state index in [-0.39, 0.29) is 0 Å². The third kappa shape index (κ3) is 6.44. The van der Waals surface area contributed by atoms with E-state index in [1.165, 1.54) is 13.8 Å². The highest BCUT2D eigenvalue weighted by molar-refractivity contribution is 4.79. The molecule has 126 valence electrons. The summed E-state index contributed by atoms with van der Waals surface area (Å²) >= 11 is 0. The Kier molecular flexibility index (Phi) is 7.19. The molecule has 0 bridgehead atoms. The summed E-state index contributed by atoms with van der Waals surface area (Å²) in [5.74, 6) is -0.853. The van der Waals surface area contributed by atoms with Gasteiger partial charge in [0.2, 0.25) is 12.1 Å². The van der Waals surface area contributed by atoms with Crippen molar-refractivity contribution in [3.05, 3.63) is 40.5 Å². The van der Waals surface area contributed by atoms with Gasteiger partial charge in [0.25, 0.3) is 15.3 Å². The summed E-state index contributed by atoms with van der Waals surface area (Å²) in [4.78, 5) is 52.9. The molecule has 0 rings (SSSR count). The van der Waals surface area contributed by atoms with Crippen LogP contribution in [-0.4, -0.2) is 45.0 Å². The molecule has 0 amide bonds. The van der Waals surface area contributed by atoms with Crippen LogP contribution in [0.1, 0.15) is 13.8 Å². The summed E-state index contributed by atoms with van der Waals surface area (Å²) in [6.07, 6.45) is -4.14. The van der Waals surface area contributed by atoms with Gasteiger partial charge in [-0.05, 0) is 0 Å². The first kappa shape index (κ1) is 19.0. The maximum absolute atomic E-state index is 11.0. The summed E-state index contributed by atoms with van der Waals surface area (Å²) in [7, 11) is 0. The van der Waals surface area contributed by atoms with Crippen LogP contribution < -0.4 is 0 Å². The standard InChI is InChI=1S/C7H12N4O11/c1-4(2)6(8(12)13)7(22-11(18)19)5(21-10(16)17)3-20-9(14)15/h4-7H,3H2,1-2H3. The van der Waals surface area contributed by atoms with E-state index in [9.17, 15) is 40.5 Å². The summed E-state index contributed by atoms with van der Waals surface area (Å²) in [5.41, 5.74) is 0. The van der Waals surface area contributed by atoms with Gasteiger partial charge in [0, 0.05) is 10.8 Å². The summed E-state index contributed by atoms with van der Waals surface area (Å²) in [6.45, 7) is 1.45. The fourth-order valence-corrected chi connectivity index (χ4v) is 1.62. The zero-order chi connectivity index (χ0) is 17.4. The van der Waals surface area contributed by atoms with E-state index in [0.717, 1.165) is 0 Å². The molecule has 15 heteroatoms. The van der Waals surface area contributed by atoms with Crippen molar-refractivity contribution in [2.75, 3.05) is 6.61 Å². The molecule has 0 aliphatic rings. The highest BCUT2D eigenvalue weighted by atomic mass is 17.0. The SMILES string of the molecule is CC(C)C(C(O[N+](=O)[O-])C(CO[N+](=O)[O-])O[N+](=O)[O-])[N+](=O)[O-]. The van der Waals surface area contributed by atoms with Gasteiger partial charge in [0.05, 0.1) is 0 Å². The molecule has 0 spiro atoms. The molecule has 0 N–H and O–H groups in total. The van der Waals surface area contributed by atoms with Crippen LogP contribution in [0, 0.1) is 46.4 Å². The van der Waals surface area contributed by atoms with Gasteiger partial charge in [-0.2, -0.15) is 0 Å². The van der Waals surface area contributed by atoms with Crippen molar-refractivity contribution in [1.82, 2.24) is 0 Å². The number of nitrogens with zero attached hydrogens (tertiary/aromatic N) is 4. The second-order valence-corrected chi connectivity index (χ2v) is 4.20. The summed E-state index contributed by atoms with van der Waals surface area (Å²) in [5, 5.41) is 37.8. The van der Waals surface area contributed by atoms with E-state index in [2.05, 4.69) is 14.5 Å². The Bertz CT molecular complexity index is 440. The molecule has 0 aromatic heterocycles. The number of hydrogen-bond acceptors (Lipinski definition) is 11. The van der Waals surface area contributed by atoms with E-state index in [0.29, 0.717) is 0 Å². The largest absolute Gasteiger partial charge is 0.311 e. The predicted molar refractivity (Wildman–Crippen MR) is 62.3 cm³/mol. The van der Waals surface area contributed by atoms with Crippen LogP contribution in [0.5, 0.6) is 0 Å². The zero-order valence-electron chi connectivity index (χ0n) is 11.3. The number of hydrogen-bond donors (Lipinski definition) is 0. The lowest BCUT2D eigenvalue weighted by Gasteiger charge is -2.26. The van der Waals surface area contributed by atoms with E-state index in [4.69, 9.17) is 0 Å². The molecule has 3 atom stereocenters. The topological polar surface area (TPSA) is 200 Å². The lowest BCUT2D eigenvalue weighted by molar-refractivity contribution is -0.816. The number of nitro groups is 1. The van der Waals surface area contributed by atoms with Crippen molar-refractivity contribution >= 4 is 0 Å². The molecule has 22 heavy (non-hydrogen) atoms. The fraction of sp³-hybridized carbons (Fsp3) is 1.00. The summed E-state index contributed by atoms with van der Waals surface area (Å²) in [6, 6.07) is -1.80. The van der Waals surface area contributed by atoms with Gasteiger partial charge in [-0.15, -0.1) is 30.3 Å². The third-order valence-electron chi connectivity index (χ3n) is 2.40. The molecule has 0 aromatic carbocycles.